The van der Waals surface area contributed by atoms with Crippen molar-refractivity contribution in [1.29, 1.82) is 0 Å². The highest BCUT2D eigenvalue weighted by Gasteiger charge is 2.59. The zero-order chi connectivity index (χ0) is 21.7. The quantitative estimate of drug-likeness (QED) is 0.594. The number of amides is 4. The van der Waals surface area contributed by atoms with Gasteiger partial charge in [0.15, 0.2) is 0 Å². The monoisotopic (exact) mass is 409 g/mol. The van der Waals surface area contributed by atoms with E-state index in [0.717, 1.165) is 33.7 Å². The summed E-state index contributed by atoms with van der Waals surface area (Å²) in [4.78, 5) is 52.9. The van der Waals surface area contributed by atoms with E-state index >= 15 is 0 Å². The predicted octanol–water partition coefficient (Wildman–Crippen LogP) is 1.82. The van der Waals surface area contributed by atoms with Crippen molar-refractivity contribution >= 4 is 29.3 Å². The van der Waals surface area contributed by atoms with Gasteiger partial charge in [0.05, 0.1) is 18.4 Å². The number of hydrogen-bond donors (Lipinski definition) is 1. The van der Waals surface area contributed by atoms with E-state index in [1.807, 2.05) is 45.1 Å². The van der Waals surface area contributed by atoms with Crippen molar-refractivity contribution in [2.75, 3.05) is 25.5 Å². The summed E-state index contributed by atoms with van der Waals surface area (Å²) in [6, 6.07) is 3.97. The first-order valence-electron chi connectivity index (χ1n) is 10.3. The van der Waals surface area contributed by atoms with Crippen molar-refractivity contribution in [2.45, 2.75) is 27.2 Å². The minimum Gasteiger partial charge on any atom is -0.335 e. The van der Waals surface area contributed by atoms with Gasteiger partial charge in [-0.2, -0.15) is 0 Å². The topological polar surface area (TPSA) is 86.8 Å². The van der Waals surface area contributed by atoms with Gasteiger partial charge in [0.1, 0.15) is 6.54 Å². The molecule has 158 valence electrons. The maximum absolute atomic E-state index is 12.7. The van der Waals surface area contributed by atoms with Crippen LogP contribution >= 0.6 is 0 Å². The lowest BCUT2D eigenvalue weighted by Gasteiger charge is -2.22. The van der Waals surface area contributed by atoms with Crippen LogP contribution in [0.2, 0.25) is 0 Å². The fraction of sp³-hybridized carbons (Fsp3) is 0.478. The van der Waals surface area contributed by atoms with Gasteiger partial charge in [-0.15, -0.1) is 0 Å². The third-order valence-electron chi connectivity index (χ3n) is 6.60. The zero-order valence-electron chi connectivity index (χ0n) is 17.8. The van der Waals surface area contributed by atoms with Crippen molar-refractivity contribution < 1.29 is 19.2 Å². The number of allylic oxidation sites excluding steroid dienone is 2. The number of carbonyl (C=O) groups is 4. The Hall–Kier alpha value is -2.96. The molecule has 1 aromatic carbocycles. The first-order chi connectivity index (χ1) is 14.2. The van der Waals surface area contributed by atoms with E-state index in [1.165, 1.54) is 11.9 Å². The van der Waals surface area contributed by atoms with Gasteiger partial charge in [-0.05, 0) is 50.2 Å². The number of benzene rings is 1. The molecule has 0 spiro atoms. The summed E-state index contributed by atoms with van der Waals surface area (Å²) in [5.74, 6) is -1.66. The van der Waals surface area contributed by atoms with E-state index in [-0.39, 0.29) is 54.5 Å². The minimum atomic E-state index is -0.426. The molecule has 1 saturated heterocycles. The van der Waals surface area contributed by atoms with Gasteiger partial charge in [0.25, 0.3) is 0 Å². The molecule has 1 aliphatic heterocycles. The Morgan fingerprint density at radius 2 is 1.57 bits per heavy atom. The second-order valence-corrected chi connectivity index (χ2v) is 8.83. The normalized spacial score (nSPS) is 26.3. The Morgan fingerprint density at radius 1 is 1.03 bits per heavy atom. The van der Waals surface area contributed by atoms with Crippen LogP contribution in [0.5, 0.6) is 0 Å². The number of likely N-dealkylation sites (N-methyl/N-ethyl adjacent to an activating group) is 1. The van der Waals surface area contributed by atoms with Crippen LogP contribution in [-0.2, 0) is 19.2 Å². The van der Waals surface area contributed by atoms with Crippen LogP contribution in [0.3, 0.4) is 0 Å². The Balaban J connectivity index is 1.36. The molecule has 7 nitrogen and oxygen atoms in total. The number of imide groups is 1. The number of fused-ring (bicyclic) bond motifs is 5. The number of nitrogens with zero attached hydrogens (tertiary/aromatic N) is 2. The number of aryl methyl sites for hydroxylation is 3. The molecule has 4 atom stereocenters. The van der Waals surface area contributed by atoms with Crippen LogP contribution in [0.1, 0.15) is 23.1 Å². The van der Waals surface area contributed by atoms with Gasteiger partial charge in [0, 0.05) is 12.7 Å². The van der Waals surface area contributed by atoms with Crippen LogP contribution in [0.25, 0.3) is 0 Å². The Kier molecular flexibility index (Phi) is 5.00. The molecule has 30 heavy (non-hydrogen) atoms. The molecular weight excluding hydrogens is 382 g/mol. The standard InChI is InChI=1S/C23H27N3O4/c1-12-7-13(2)21(14(3)8-12)24-17(27)10-25(4)18(28)11-26-22(29)19-15-5-6-16(9-15)20(19)23(26)30/h5-8,15-16,19-20H,9-11H2,1-4H3,(H,24,27). The van der Waals surface area contributed by atoms with Gasteiger partial charge >= 0.3 is 0 Å². The van der Waals surface area contributed by atoms with Crippen molar-refractivity contribution in [3.63, 3.8) is 0 Å². The number of nitrogens with one attached hydrogen (secondary N) is 1. The third kappa shape index (κ3) is 3.32. The molecule has 4 rings (SSSR count). The summed E-state index contributed by atoms with van der Waals surface area (Å²) in [6.07, 6.45) is 4.90. The SMILES string of the molecule is Cc1cc(C)c(NC(=O)CN(C)C(=O)CN2C(=O)C3C4C=CC(C4)C3C2=O)c(C)c1. The van der Waals surface area contributed by atoms with E-state index in [9.17, 15) is 19.2 Å². The van der Waals surface area contributed by atoms with E-state index in [0.29, 0.717) is 0 Å². The first kappa shape index (κ1) is 20.3. The van der Waals surface area contributed by atoms with Crippen molar-refractivity contribution in [3.05, 3.63) is 41.0 Å². The van der Waals surface area contributed by atoms with Crippen molar-refractivity contribution in [1.82, 2.24) is 9.80 Å². The van der Waals surface area contributed by atoms with Gasteiger partial charge < -0.3 is 10.2 Å². The molecule has 4 unspecified atom stereocenters. The average molecular weight is 409 g/mol. The smallest absolute Gasteiger partial charge is 0.243 e. The van der Waals surface area contributed by atoms with Crippen molar-refractivity contribution in [3.8, 4) is 0 Å². The summed E-state index contributed by atoms with van der Waals surface area (Å²) in [5.41, 5.74) is 3.77. The summed E-state index contributed by atoms with van der Waals surface area (Å²) < 4.78 is 0. The highest BCUT2D eigenvalue weighted by atomic mass is 16.2. The van der Waals surface area contributed by atoms with Crippen LogP contribution in [-0.4, -0.2) is 53.6 Å². The fourth-order valence-corrected chi connectivity index (χ4v) is 5.24. The second-order valence-electron chi connectivity index (χ2n) is 8.83. The largest absolute Gasteiger partial charge is 0.335 e. The average Bonchev–Trinajstić information content (AvgIpc) is 3.34. The zero-order valence-corrected chi connectivity index (χ0v) is 17.8. The third-order valence-corrected chi connectivity index (χ3v) is 6.60. The fourth-order valence-electron chi connectivity index (χ4n) is 5.24. The van der Waals surface area contributed by atoms with Crippen LogP contribution in [0.15, 0.2) is 24.3 Å². The van der Waals surface area contributed by atoms with E-state index in [2.05, 4.69) is 5.32 Å². The van der Waals surface area contributed by atoms with E-state index in [4.69, 9.17) is 0 Å². The van der Waals surface area contributed by atoms with E-state index < -0.39 is 5.91 Å². The lowest BCUT2D eigenvalue weighted by molar-refractivity contribution is -0.147. The van der Waals surface area contributed by atoms with Crippen molar-refractivity contribution in [2.24, 2.45) is 23.7 Å². The maximum Gasteiger partial charge on any atom is 0.243 e. The number of anilines is 1. The molecule has 1 heterocycles. The summed E-state index contributed by atoms with van der Waals surface area (Å²) >= 11 is 0. The highest BCUT2D eigenvalue weighted by molar-refractivity contribution is 6.08. The molecule has 2 fully saturated rings. The molecule has 4 amide bonds. The lowest BCUT2D eigenvalue weighted by Crippen LogP contribution is -2.44. The van der Waals surface area contributed by atoms with Crippen LogP contribution in [0, 0.1) is 44.4 Å². The van der Waals surface area contributed by atoms with E-state index in [1.54, 1.807) is 0 Å². The Morgan fingerprint density at radius 3 is 2.10 bits per heavy atom. The highest BCUT2D eigenvalue weighted by Crippen LogP contribution is 2.52. The van der Waals surface area contributed by atoms with Gasteiger partial charge in [-0.3, -0.25) is 24.1 Å². The number of hydrogen-bond acceptors (Lipinski definition) is 4. The van der Waals surface area contributed by atoms with Gasteiger partial charge in [0.2, 0.25) is 23.6 Å². The molecule has 2 aliphatic carbocycles. The first-order valence-corrected chi connectivity index (χ1v) is 10.3. The Labute approximate surface area is 176 Å². The van der Waals surface area contributed by atoms with Gasteiger partial charge in [-0.1, -0.05) is 29.8 Å². The molecule has 1 saturated carbocycles. The summed E-state index contributed by atoms with van der Waals surface area (Å²) in [6.45, 7) is 5.38. The molecule has 0 aromatic heterocycles. The molecule has 1 aromatic rings. The molecule has 3 aliphatic rings. The molecule has 7 heteroatoms. The predicted molar refractivity (Wildman–Crippen MR) is 111 cm³/mol. The number of carbonyl (C=O) groups excluding carboxylic acids is 4. The summed E-state index contributed by atoms with van der Waals surface area (Å²) in [5, 5.41) is 2.87. The molecule has 0 radical (unpaired) electrons. The van der Waals surface area contributed by atoms with Crippen LogP contribution in [0.4, 0.5) is 5.69 Å². The molecule has 2 bridgehead atoms. The molecular formula is C23H27N3O4. The van der Waals surface area contributed by atoms with Crippen LogP contribution < -0.4 is 5.32 Å². The Bertz CT molecular complexity index is 930. The maximum atomic E-state index is 12.7. The number of rotatable bonds is 5. The molecule has 1 N–H and O–H groups in total. The van der Waals surface area contributed by atoms with Gasteiger partial charge in [-0.25, -0.2) is 0 Å². The number of likely N-dealkylation sites (tertiary alicyclic amines) is 1. The second kappa shape index (κ2) is 7.38. The summed E-state index contributed by atoms with van der Waals surface area (Å²) in [7, 11) is 1.51. The minimum absolute atomic E-state index is 0.112. The lowest BCUT2D eigenvalue weighted by atomic mass is 9.85.